The largest absolute Gasteiger partial charge is 0.303 e. The lowest BCUT2D eigenvalue weighted by Crippen LogP contribution is -2.54. The first-order valence-corrected chi connectivity index (χ1v) is 7.64. The number of hydrogen-bond donors (Lipinski definition) is 1. The number of nitrogens with one attached hydrogen (secondary N) is 1. The molecule has 1 aromatic carbocycles. The van der Waals surface area contributed by atoms with Gasteiger partial charge in [0.05, 0.1) is 11.5 Å². The van der Waals surface area contributed by atoms with Crippen molar-refractivity contribution in [2.24, 2.45) is 0 Å². The Kier molecular flexibility index (Phi) is 3.04. The van der Waals surface area contributed by atoms with E-state index in [0.29, 0.717) is 0 Å². The van der Waals surface area contributed by atoms with Crippen LogP contribution in [0, 0.1) is 6.92 Å². The van der Waals surface area contributed by atoms with Gasteiger partial charge in [-0.05, 0) is 26.3 Å². The van der Waals surface area contributed by atoms with Gasteiger partial charge in [0, 0.05) is 11.6 Å². The molecule has 0 spiro atoms. The van der Waals surface area contributed by atoms with Gasteiger partial charge in [-0.3, -0.25) is 0 Å². The predicted octanol–water partition coefficient (Wildman–Crippen LogP) is 1.83. The van der Waals surface area contributed by atoms with Gasteiger partial charge in [-0.1, -0.05) is 29.8 Å². The fourth-order valence-electron chi connectivity index (χ4n) is 2.40. The average Bonchev–Trinajstić information content (AvgIpc) is 2.13. The molecule has 1 aromatic rings. The van der Waals surface area contributed by atoms with Gasteiger partial charge in [-0.25, -0.2) is 8.42 Å². The standard InChI is InChI=1S/C13H19NO2S/c1-10-4-6-11(7-5-10)12-8-17(15,16)9-13(2,3)14-12/h4-7,12,14H,8-9H2,1-3H3. The van der Waals surface area contributed by atoms with Gasteiger partial charge in [-0.2, -0.15) is 0 Å². The van der Waals surface area contributed by atoms with Crippen molar-refractivity contribution in [3.8, 4) is 0 Å². The van der Waals surface area contributed by atoms with Gasteiger partial charge in [0.25, 0.3) is 0 Å². The van der Waals surface area contributed by atoms with Crippen molar-refractivity contribution in [1.29, 1.82) is 0 Å². The molecule has 0 aromatic heterocycles. The number of sulfone groups is 1. The van der Waals surface area contributed by atoms with E-state index < -0.39 is 9.84 Å². The minimum absolute atomic E-state index is 0.0932. The van der Waals surface area contributed by atoms with E-state index in [1.54, 1.807) is 0 Å². The fourth-order valence-corrected chi connectivity index (χ4v) is 4.48. The zero-order chi connectivity index (χ0) is 12.7. The van der Waals surface area contributed by atoms with E-state index in [1.807, 2.05) is 45.0 Å². The number of hydrogen-bond acceptors (Lipinski definition) is 3. The molecule has 1 unspecified atom stereocenters. The summed E-state index contributed by atoms with van der Waals surface area (Å²) in [4.78, 5) is 0. The molecule has 0 radical (unpaired) electrons. The molecule has 0 saturated carbocycles. The summed E-state index contributed by atoms with van der Waals surface area (Å²) in [5.74, 6) is 0.405. The summed E-state index contributed by atoms with van der Waals surface area (Å²) in [6.45, 7) is 5.90. The van der Waals surface area contributed by atoms with Crippen LogP contribution in [0.1, 0.15) is 31.0 Å². The zero-order valence-corrected chi connectivity index (χ0v) is 11.3. The molecule has 1 saturated heterocycles. The maximum absolute atomic E-state index is 11.9. The van der Waals surface area contributed by atoms with Gasteiger partial charge in [0.2, 0.25) is 0 Å². The Balaban J connectivity index is 2.30. The van der Waals surface area contributed by atoms with Gasteiger partial charge in [0.1, 0.15) is 0 Å². The Labute approximate surface area is 103 Å². The van der Waals surface area contributed by atoms with Crippen molar-refractivity contribution in [1.82, 2.24) is 5.32 Å². The molecule has 1 aliphatic heterocycles. The van der Waals surface area contributed by atoms with Crippen molar-refractivity contribution in [2.45, 2.75) is 32.4 Å². The smallest absolute Gasteiger partial charge is 0.153 e. The van der Waals surface area contributed by atoms with Crippen LogP contribution in [0.2, 0.25) is 0 Å². The molecule has 94 valence electrons. The Morgan fingerprint density at radius 2 is 1.82 bits per heavy atom. The maximum Gasteiger partial charge on any atom is 0.153 e. The molecular formula is C13H19NO2S. The van der Waals surface area contributed by atoms with Crippen molar-refractivity contribution >= 4 is 9.84 Å². The highest BCUT2D eigenvalue weighted by Crippen LogP contribution is 2.25. The van der Waals surface area contributed by atoms with Crippen LogP contribution in [0.25, 0.3) is 0 Å². The van der Waals surface area contributed by atoms with Crippen molar-refractivity contribution in [3.63, 3.8) is 0 Å². The van der Waals surface area contributed by atoms with Crippen LogP contribution in [-0.2, 0) is 9.84 Å². The summed E-state index contributed by atoms with van der Waals surface area (Å²) in [6, 6.07) is 7.95. The van der Waals surface area contributed by atoms with Crippen LogP contribution in [-0.4, -0.2) is 25.5 Å². The minimum atomic E-state index is -2.96. The van der Waals surface area contributed by atoms with Crippen LogP contribution in [0.15, 0.2) is 24.3 Å². The van der Waals surface area contributed by atoms with E-state index in [1.165, 1.54) is 5.56 Å². The average molecular weight is 253 g/mol. The summed E-state index contributed by atoms with van der Waals surface area (Å²) >= 11 is 0. The lowest BCUT2D eigenvalue weighted by molar-refractivity contribution is 0.360. The Morgan fingerprint density at radius 1 is 1.24 bits per heavy atom. The number of benzene rings is 1. The predicted molar refractivity (Wildman–Crippen MR) is 69.8 cm³/mol. The second kappa shape index (κ2) is 4.10. The van der Waals surface area contributed by atoms with Gasteiger partial charge in [0.15, 0.2) is 9.84 Å². The lowest BCUT2D eigenvalue weighted by Gasteiger charge is -2.37. The van der Waals surface area contributed by atoms with Crippen molar-refractivity contribution in [3.05, 3.63) is 35.4 Å². The second-order valence-electron chi connectivity index (χ2n) is 5.55. The quantitative estimate of drug-likeness (QED) is 0.830. The topological polar surface area (TPSA) is 46.2 Å². The van der Waals surface area contributed by atoms with Crippen LogP contribution in [0.3, 0.4) is 0 Å². The first kappa shape index (κ1) is 12.6. The summed E-state index contributed by atoms with van der Waals surface area (Å²) in [5.41, 5.74) is 1.88. The first-order chi connectivity index (χ1) is 7.77. The molecule has 1 aliphatic rings. The Morgan fingerprint density at radius 3 is 2.35 bits per heavy atom. The zero-order valence-electron chi connectivity index (χ0n) is 10.5. The van der Waals surface area contributed by atoms with Crippen molar-refractivity contribution in [2.75, 3.05) is 11.5 Å². The molecule has 1 atom stereocenters. The highest BCUT2D eigenvalue weighted by atomic mass is 32.2. The van der Waals surface area contributed by atoms with E-state index in [2.05, 4.69) is 5.32 Å². The van der Waals surface area contributed by atoms with Crippen LogP contribution < -0.4 is 5.32 Å². The van der Waals surface area contributed by atoms with Crippen LogP contribution in [0.5, 0.6) is 0 Å². The second-order valence-corrected chi connectivity index (χ2v) is 7.66. The maximum atomic E-state index is 11.9. The number of rotatable bonds is 1. The molecule has 2 rings (SSSR count). The highest BCUT2D eigenvalue weighted by molar-refractivity contribution is 7.91. The minimum Gasteiger partial charge on any atom is -0.303 e. The van der Waals surface area contributed by atoms with Gasteiger partial charge in [-0.15, -0.1) is 0 Å². The van der Waals surface area contributed by atoms with Gasteiger partial charge >= 0.3 is 0 Å². The van der Waals surface area contributed by atoms with E-state index in [4.69, 9.17) is 0 Å². The molecule has 4 heteroatoms. The molecule has 1 fully saturated rings. The lowest BCUT2D eigenvalue weighted by atomic mass is 10.0. The summed E-state index contributed by atoms with van der Waals surface area (Å²) in [5, 5.41) is 3.40. The molecule has 17 heavy (non-hydrogen) atoms. The highest BCUT2D eigenvalue weighted by Gasteiger charge is 2.36. The summed E-state index contributed by atoms with van der Waals surface area (Å²) in [6.07, 6.45) is 0. The molecule has 0 bridgehead atoms. The normalized spacial score (nSPS) is 26.6. The number of aryl methyl sites for hydroxylation is 1. The summed E-state index contributed by atoms with van der Waals surface area (Å²) < 4.78 is 23.8. The Bertz CT molecular complexity index is 503. The van der Waals surface area contributed by atoms with Gasteiger partial charge < -0.3 is 5.32 Å². The Hall–Kier alpha value is -0.870. The monoisotopic (exact) mass is 253 g/mol. The van der Waals surface area contributed by atoms with E-state index in [-0.39, 0.29) is 23.1 Å². The summed E-state index contributed by atoms with van der Waals surface area (Å²) in [7, 11) is -2.96. The molecule has 3 nitrogen and oxygen atoms in total. The molecule has 0 aliphatic carbocycles. The van der Waals surface area contributed by atoms with Crippen molar-refractivity contribution < 1.29 is 8.42 Å². The van der Waals surface area contributed by atoms with Crippen LogP contribution in [0.4, 0.5) is 0 Å². The molecular weight excluding hydrogens is 234 g/mol. The fraction of sp³-hybridized carbons (Fsp3) is 0.538. The molecule has 1 N–H and O–H groups in total. The van der Waals surface area contributed by atoms with E-state index >= 15 is 0 Å². The third-order valence-electron chi connectivity index (χ3n) is 3.05. The van der Waals surface area contributed by atoms with E-state index in [9.17, 15) is 8.42 Å². The SMILES string of the molecule is Cc1ccc(C2CS(=O)(=O)CC(C)(C)N2)cc1. The third kappa shape index (κ3) is 3.07. The first-order valence-electron chi connectivity index (χ1n) is 5.82. The van der Waals surface area contributed by atoms with Crippen LogP contribution >= 0.6 is 0 Å². The molecule has 0 amide bonds. The molecule has 1 heterocycles. The third-order valence-corrected chi connectivity index (χ3v) is 5.05. The van der Waals surface area contributed by atoms with E-state index in [0.717, 1.165) is 5.56 Å².